The van der Waals surface area contributed by atoms with E-state index >= 15 is 0 Å². The maximum atomic E-state index is 13.5. The third-order valence-electron chi connectivity index (χ3n) is 10.9. The van der Waals surface area contributed by atoms with Gasteiger partial charge in [-0.2, -0.15) is 0 Å². The third-order valence-corrected chi connectivity index (χ3v) is 10.9. The Morgan fingerprint density at radius 2 is 1.67 bits per heavy atom. The number of ether oxygens (including phenoxy) is 1. The van der Waals surface area contributed by atoms with Crippen LogP contribution in [0, 0.1) is 35.0 Å². The molecule has 0 aromatic heterocycles. The van der Waals surface area contributed by atoms with Crippen LogP contribution in [0.25, 0.3) is 0 Å². The standard InChI is InChI=1S/C34H42O5/c1-20-16-24(35)17-23(30(20)37)18-25-21(2)26(36)19-28-33(25,5)14-12-27-32(3,4)29(13-15-34(27,28)6)39-31(38)22-10-8-7-9-11-22/h7-11,16-17,27-29,35,37H,12-15,18-19H2,1-6H3/t27-,28-,29-,33-,34-/m0/s1. The maximum absolute atomic E-state index is 13.5. The number of carbonyl (C=O) groups excluding carboxylic acids is 2. The lowest BCUT2D eigenvalue weighted by Crippen LogP contribution is -2.60. The summed E-state index contributed by atoms with van der Waals surface area (Å²) in [5.41, 5.74) is 3.25. The van der Waals surface area contributed by atoms with Crippen molar-refractivity contribution in [3.05, 3.63) is 70.3 Å². The van der Waals surface area contributed by atoms with Gasteiger partial charge in [-0.1, -0.05) is 51.5 Å². The first kappa shape index (κ1) is 27.5. The number of rotatable bonds is 4. The normalized spacial score (nSPS) is 31.8. The van der Waals surface area contributed by atoms with Gasteiger partial charge in [-0.15, -0.1) is 0 Å². The molecule has 2 aromatic rings. The summed E-state index contributed by atoms with van der Waals surface area (Å²) >= 11 is 0. The number of aromatic hydroxyl groups is 2. The van der Waals surface area contributed by atoms with Crippen molar-refractivity contribution in [3.63, 3.8) is 0 Å². The van der Waals surface area contributed by atoms with Crippen molar-refractivity contribution in [3.8, 4) is 11.5 Å². The maximum Gasteiger partial charge on any atom is 0.338 e. The zero-order valence-electron chi connectivity index (χ0n) is 24.1. The highest BCUT2D eigenvalue weighted by Gasteiger charge is 2.63. The highest BCUT2D eigenvalue weighted by Crippen LogP contribution is 2.68. The van der Waals surface area contributed by atoms with E-state index in [0.29, 0.717) is 35.4 Å². The van der Waals surface area contributed by atoms with Crippen LogP contribution in [0.4, 0.5) is 0 Å². The summed E-state index contributed by atoms with van der Waals surface area (Å²) in [5.74, 6) is 0.681. The van der Waals surface area contributed by atoms with E-state index in [9.17, 15) is 19.8 Å². The third kappa shape index (κ3) is 4.38. The number of hydrogen-bond acceptors (Lipinski definition) is 5. The number of allylic oxidation sites excluding steroid dienone is 2. The second-order valence-electron chi connectivity index (χ2n) is 13.4. The molecule has 0 heterocycles. The van der Waals surface area contributed by atoms with Gasteiger partial charge in [-0.25, -0.2) is 4.79 Å². The van der Waals surface area contributed by atoms with Crippen LogP contribution >= 0.6 is 0 Å². The summed E-state index contributed by atoms with van der Waals surface area (Å²) in [6.07, 6.45) is 4.36. The molecule has 39 heavy (non-hydrogen) atoms. The van der Waals surface area contributed by atoms with E-state index in [0.717, 1.165) is 36.8 Å². The molecule has 5 rings (SSSR count). The fourth-order valence-electron chi connectivity index (χ4n) is 8.76. The van der Waals surface area contributed by atoms with Crippen LogP contribution in [0.1, 0.15) is 88.2 Å². The Labute approximate surface area is 232 Å². The first-order chi connectivity index (χ1) is 18.3. The zero-order valence-corrected chi connectivity index (χ0v) is 24.1. The minimum atomic E-state index is -0.271. The monoisotopic (exact) mass is 530 g/mol. The van der Waals surface area contributed by atoms with Crippen molar-refractivity contribution < 1.29 is 24.5 Å². The number of benzene rings is 2. The molecule has 0 saturated heterocycles. The molecule has 0 amide bonds. The minimum absolute atomic E-state index is 0.0927. The van der Waals surface area contributed by atoms with E-state index in [1.807, 2.05) is 25.1 Å². The molecule has 2 aromatic carbocycles. The number of phenols is 2. The smallest absolute Gasteiger partial charge is 0.338 e. The van der Waals surface area contributed by atoms with Crippen LogP contribution < -0.4 is 0 Å². The Balaban J connectivity index is 1.46. The molecule has 2 saturated carbocycles. The molecule has 3 aliphatic rings. The number of carbonyl (C=O) groups is 2. The summed E-state index contributed by atoms with van der Waals surface area (Å²) < 4.78 is 6.16. The van der Waals surface area contributed by atoms with Crippen molar-refractivity contribution in [2.45, 2.75) is 86.2 Å². The molecule has 3 aliphatic carbocycles. The van der Waals surface area contributed by atoms with Crippen molar-refractivity contribution >= 4 is 11.8 Å². The van der Waals surface area contributed by atoms with Crippen molar-refractivity contribution in [1.29, 1.82) is 0 Å². The summed E-state index contributed by atoms with van der Waals surface area (Å²) in [4.78, 5) is 26.5. The summed E-state index contributed by atoms with van der Waals surface area (Å²) in [6.45, 7) is 12.9. The molecule has 0 aliphatic heterocycles. The number of esters is 1. The van der Waals surface area contributed by atoms with Crippen LogP contribution in [-0.2, 0) is 16.0 Å². The fourth-order valence-corrected chi connectivity index (χ4v) is 8.76. The van der Waals surface area contributed by atoms with Crippen LogP contribution in [0.2, 0.25) is 0 Å². The molecule has 0 unspecified atom stereocenters. The molecule has 208 valence electrons. The molecule has 0 spiro atoms. The minimum Gasteiger partial charge on any atom is -0.508 e. The fraction of sp³-hybridized carbons (Fsp3) is 0.529. The summed E-state index contributed by atoms with van der Waals surface area (Å²) in [5, 5.41) is 21.1. The number of ketones is 1. The average molecular weight is 531 g/mol. The Morgan fingerprint density at radius 1 is 0.974 bits per heavy atom. The van der Waals surface area contributed by atoms with Gasteiger partial charge in [-0.3, -0.25) is 4.79 Å². The lowest BCUT2D eigenvalue weighted by Gasteiger charge is -2.65. The topological polar surface area (TPSA) is 83.8 Å². The van der Waals surface area contributed by atoms with Crippen LogP contribution in [0.3, 0.4) is 0 Å². The number of hydrogen-bond donors (Lipinski definition) is 2. The van der Waals surface area contributed by atoms with Gasteiger partial charge >= 0.3 is 5.97 Å². The van der Waals surface area contributed by atoms with E-state index in [2.05, 4.69) is 27.7 Å². The summed E-state index contributed by atoms with van der Waals surface area (Å²) in [6, 6.07) is 12.4. The second kappa shape index (κ2) is 9.53. The molecule has 0 bridgehead atoms. The quantitative estimate of drug-likeness (QED) is 0.320. The van der Waals surface area contributed by atoms with Gasteiger partial charge < -0.3 is 14.9 Å². The lowest BCUT2D eigenvalue weighted by atomic mass is 9.40. The Kier molecular flexibility index (Phi) is 6.72. The predicted molar refractivity (Wildman–Crippen MR) is 152 cm³/mol. The molecular weight excluding hydrogens is 488 g/mol. The van der Waals surface area contributed by atoms with E-state index in [4.69, 9.17) is 4.74 Å². The molecule has 0 radical (unpaired) electrons. The predicted octanol–water partition coefficient (Wildman–Crippen LogP) is 7.32. The van der Waals surface area contributed by atoms with Crippen LogP contribution in [0.15, 0.2) is 53.6 Å². The van der Waals surface area contributed by atoms with E-state index in [1.54, 1.807) is 31.2 Å². The van der Waals surface area contributed by atoms with Gasteiger partial charge in [0, 0.05) is 17.4 Å². The van der Waals surface area contributed by atoms with Gasteiger partial charge in [0.25, 0.3) is 0 Å². The largest absolute Gasteiger partial charge is 0.508 e. The van der Waals surface area contributed by atoms with Crippen molar-refractivity contribution in [1.82, 2.24) is 0 Å². The Hall–Kier alpha value is -3.08. The average Bonchev–Trinajstić information content (AvgIpc) is 2.88. The molecule has 5 nitrogen and oxygen atoms in total. The molecule has 2 N–H and O–H groups in total. The van der Waals surface area contributed by atoms with Gasteiger partial charge in [0.1, 0.15) is 17.6 Å². The number of aryl methyl sites for hydroxylation is 1. The van der Waals surface area contributed by atoms with Gasteiger partial charge in [0.2, 0.25) is 0 Å². The summed E-state index contributed by atoms with van der Waals surface area (Å²) in [7, 11) is 0. The molecule has 2 fully saturated rings. The first-order valence-corrected chi connectivity index (χ1v) is 14.3. The lowest BCUT2D eigenvalue weighted by molar-refractivity contribution is -0.170. The number of Topliss-reactive ketones (excluding diaryl/α,β-unsaturated/α-hetero) is 1. The van der Waals surface area contributed by atoms with E-state index in [1.165, 1.54) is 0 Å². The SMILES string of the molecule is CC1=C(Cc2cc(O)cc(C)c2O)[C@]2(C)CC[C@H]3C(C)(C)[C@@H](OC(=O)c4ccccc4)CC[C@]3(C)[C@H]2CC1=O. The second-order valence-corrected chi connectivity index (χ2v) is 13.4. The van der Waals surface area contributed by atoms with Gasteiger partial charge in [0.05, 0.1) is 5.56 Å². The van der Waals surface area contributed by atoms with Gasteiger partial charge in [-0.05, 0) is 104 Å². The molecular formula is C34H42O5. The first-order valence-electron chi connectivity index (χ1n) is 14.3. The highest BCUT2D eigenvalue weighted by atomic mass is 16.5. The molecule has 5 atom stereocenters. The van der Waals surface area contributed by atoms with Crippen molar-refractivity contribution in [2.24, 2.45) is 28.1 Å². The van der Waals surface area contributed by atoms with E-state index in [-0.39, 0.29) is 51.5 Å². The van der Waals surface area contributed by atoms with E-state index < -0.39 is 0 Å². The van der Waals surface area contributed by atoms with Crippen LogP contribution in [-0.4, -0.2) is 28.1 Å². The van der Waals surface area contributed by atoms with Crippen molar-refractivity contribution in [2.75, 3.05) is 0 Å². The highest BCUT2D eigenvalue weighted by molar-refractivity contribution is 5.97. The van der Waals surface area contributed by atoms with Gasteiger partial charge in [0.15, 0.2) is 5.78 Å². The number of fused-ring (bicyclic) bond motifs is 3. The van der Waals surface area contributed by atoms with Crippen LogP contribution in [0.5, 0.6) is 11.5 Å². The number of phenolic OH excluding ortho intramolecular Hbond substituents is 2. The Bertz CT molecular complexity index is 1340. The molecule has 5 heteroatoms. The Morgan fingerprint density at radius 3 is 2.36 bits per heavy atom. The zero-order chi connectivity index (χ0) is 28.3.